The Labute approximate surface area is 169 Å². The highest BCUT2D eigenvalue weighted by molar-refractivity contribution is 5.77. The summed E-state index contributed by atoms with van der Waals surface area (Å²) in [6.45, 7) is 8.59. The molecule has 0 fully saturated rings. The average molecular weight is 384 g/mol. The van der Waals surface area contributed by atoms with Gasteiger partial charge in [0, 0.05) is 13.5 Å². The molecule has 1 N–H and O–H groups in total. The summed E-state index contributed by atoms with van der Waals surface area (Å²) in [5, 5.41) is 3.42. The molecule has 4 heteroatoms. The van der Waals surface area contributed by atoms with Crippen LogP contribution in [0.1, 0.15) is 51.7 Å². The number of allylic oxidation sites excluding steroid dienone is 2. The monoisotopic (exact) mass is 383 g/mol. The number of likely N-dealkylation sites (N-methyl/N-ethyl adjacent to an activating group) is 1. The molecule has 0 aliphatic heterocycles. The van der Waals surface area contributed by atoms with Crippen molar-refractivity contribution in [2.75, 3.05) is 13.7 Å². The highest BCUT2D eigenvalue weighted by Crippen LogP contribution is 2.35. The summed E-state index contributed by atoms with van der Waals surface area (Å²) in [6.07, 6.45) is 10.7. The van der Waals surface area contributed by atoms with Crippen LogP contribution in [0.5, 0.6) is 5.75 Å². The molecule has 1 aromatic carbocycles. The lowest BCUT2D eigenvalue weighted by atomic mass is 9.78. The molecule has 0 saturated heterocycles. The molecule has 0 aromatic heterocycles. The van der Waals surface area contributed by atoms with Crippen LogP contribution in [-0.4, -0.2) is 25.3 Å². The minimum atomic E-state index is -0.495. The van der Waals surface area contributed by atoms with Gasteiger partial charge in [-0.3, -0.25) is 10.1 Å². The van der Waals surface area contributed by atoms with Gasteiger partial charge in [0.1, 0.15) is 11.5 Å². The minimum absolute atomic E-state index is 0.194. The molecule has 2 aliphatic carbocycles. The van der Waals surface area contributed by atoms with Gasteiger partial charge in [0.25, 0.3) is 0 Å². The van der Waals surface area contributed by atoms with Gasteiger partial charge < -0.3 is 9.47 Å². The van der Waals surface area contributed by atoms with Crippen LogP contribution < -0.4 is 10.1 Å². The van der Waals surface area contributed by atoms with E-state index in [4.69, 9.17) is 9.47 Å². The fourth-order valence-corrected chi connectivity index (χ4v) is 3.93. The third-order valence-electron chi connectivity index (χ3n) is 5.73. The van der Waals surface area contributed by atoms with Gasteiger partial charge in [-0.25, -0.2) is 0 Å². The average Bonchev–Trinajstić information content (AvgIpc) is 2.67. The van der Waals surface area contributed by atoms with Gasteiger partial charge in [-0.1, -0.05) is 25.1 Å². The maximum Gasteiger partial charge on any atom is 0.316 e. The van der Waals surface area contributed by atoms with Crippen molar-refractivity contribution >= 4 is 5.97 Å². The molecular formula is C24H33NO3. The number of ether oxygens (including phenoxy) is 2. The van der Waals surface area contributed by atoms with Crippen molar-refractivity contribution in [1.29, 1.82) is 0 Å². The van der Waals surface area contributed by atoms with Crippen molar-refractivity contribution in [1.82, 2.24) is 5.32 Å². The molecule has 4 nitrogen and oxygen atoms in total. The number of carbonyl (C=O) groups excluding carboxylic acids is 1. The summed E-state index contributed by atoms with van der Waals surface area (Å²) in [5.74, 6) is 0.994. The van der Waals surface area contributed by atoms with Gasteiger partial charge in [-0.15, -0.1) is 0 Å². The minimum Gasteiger partial charge on any atom is -0.426 e. The number of carbonyl (C=O) groups is 1. The number of hydrogen-bond donors (Lipinski definition) is 1. The van der Waals surface area contributed by atoms with Crippen LogP contribution >= 0.6 is 0 Å². The summed E-state index contributed by atoms with van der Waals surface area (Å²) in [7, 11) is 1.76. The molecule has 0 amide bonds. The van der Waals surface area contributed by atoms with Crippen molar-refractivity contribution < 1.29 is 14.3 Å². The zero-order valence-corrected chi connectivity index (χ0v) is 17.8. The van der Waals surface area contributed by atoms with Gasteiger partial charge in [0.15, 0.2) is 0 Å². The van der Waals surface area contributed by atoms with E-state index in [9.17, 15) is 4.79 Å². The third kappa shape index (κ3) is 4.56. The number of methoxy groups -OCH3 is 1. The van der Waals surface area contributed by atoms with Crippen molar-refractivity contribution in [3.8, 4) is 5.75 Å². The standard InChI is InChI=1S/C24H33NO3/c1-6-25-24(27-5)13-11-17(12-14-24)18-7-8-20-16-21(10-9-19(20)15-18)28-22(26)23(2,3)4/h9-13,16,18,25H,6-8,14-15H2,1-5H3/t18-,24?/m1/s1. The fourth-order valence-electron chi connectivity index (χ4n) is 3.93. The first kappa shape index (κ1) is 20.8. The Balaban J connectivity index is 1.67. The second-order valence-corrected chi connectivity index (χ2v) is 8.88. The van der Waals surface area contributed by atoms with E-state index in [1.165, 1.54) is 16.7 Å². The molecule has 1 unspecified atom stereocenters. The Morgan fingerprint density at radius 2 is 2.07 bits per heavy atom. The molecule has 2 atom stereocenters. The Morgan fingerprint density at radius 3 is 2.68 bits per heavy atom. The number of rotatable bonds is 5. The van der Waals surface area contributed by atoms with Gasteiger partial charge in [-0.05, 0) is 87.4 Å². The Bertz CT molecular complexity index is 788. The van der Waals surface area contributed by atoms with Crippen LogP contribution in [0.2, 0.25) is 0 Å². The Kier molecular flexibility index (Phi) is 6.11. The quantitative estimate of drug-likeness (QED) is 0.459. The molecule has 152 valence electrons. The normalized spacial score (nSPS) is 24.5. The second kappa shape index (κ2) is 8.22. The van der Waals surface area contributed by atoms with E-state index in [1.807, 2.05) is 32.9 Å². The van der Waals surface area contributed by atoms with E-state index in [-0.39, 0.29) is 11.7 Å². The Morgan fingerprint density at radius 1 is 1.29 bits per heavy atom. The smallest absolute Gasteiger partial charge is 0.316 e. The molecule has 0 heterocycles. The molecule has 3 rings (SSSR count). The molecule has 2 aliphatic rings. The number of esters is 1. The number of nitrogens with one attached hydrogen (secondary N) is 1. The highest BCUT2D eigenvalue weighted by Gasteiger charge is 2.30. The molecule has 0 spiro atoms. The maximum atomic E-state index is 12.1. The number of fused-ring (bicyclic) bond motifs is 1. The largest absolute Gasteiger partial charge is 0.426 e. The van der Waals surface area contributed by atoms with Crippen LogP contribution in [0.4, 0.5) is 0 Å². The predicted molar refractivity (Wildman–Crippen MR) is 112 cm³/mol. The number of aryl methyl sites for hydroxylation is 1. The van der Waals surface area contributed by atoms with E-state index in [0.717, 1.165) is 32.2 Å². The molecular weight excluding hydrogens is 350 g/mol. The summed E-state index contributed by atoms with van der Waals surface area (Å²) < 4.78 is 11.3. The summed E-state index contributed by atoms with van der Waals surface area (Å²) in [4.78, 5) is 12.1. The zero-order chi connectivity index (χ0) is 20.4. The maximum absolute atomic E-state index is 12.1. The third-order valence-corrected chi connectivity index (χ3v) is 5.73. The zero-order valence-electron chi connectivity index (χ0n) is 17.8. The lowest BCUT2D eigenvalue weighted by Crippen LogP contribution is -2.45. The van der Waals surface area contributed by atoms with E-state index < -0.39 is 5.41 Å². The van der Waals surface area contributed by atoms with E-state index in [1.54, 1.807) is 7.11 Å². The molecule has 1 aromatic rings. The first-order chi connectivity index (χ1) is 13.3. The van der Waals surface area contributed by atoms with Crippen molar-refractivity contribution in [3.05, 3.63) is 53.1 Å². The molecule has 0 bridgehead atoms. The number of hydrogen-bond acceptors (Lipinski definition) is 4. The SMILES string of the molecule is CCNC1(OC)C=CC([C@@H]2CCc3cc(OC(=O)C(C)(C)C)ccc3C2)=CC1. The number of benzene rings is 1. The Hall–Kier alpha value is -1.91. The van der Waals surface area contributed by atoms with E-state index >= 15 is 0 Å². The first-order valence-electron chi connectivity index (χ1n) is 10.3. The van der Waals surface area contributed by atoms with Gasteiger partial charge in [-0.2, -0.15) is 0 Å². The van der Waals surface area contributed by atoms with Crippen molar-refractivity contribution in [2.45, 2.75) is 59.1 Å². The molecule has 28 heavy (non-hydrogen) atoms. The summed E-state index contributed by atoms with van der Waals surface area (Å²) in [6, 6.07) is 6.09. The van der Waals surface area contributed by atoms with Gasteiger partial charge >= 0.3 is 5.97 Å². The van der Waals surface area contributed by atoms with Crippen LogP contribution in [0, 0.1) is 11.3 Å². The van der Waals surface area contributed by atoms with Crippen LogP contribution in [0.3, 0.4) is 0 Å². The first-order valence-corrected chi connectivity index (χ1v) is 10.3. The predicted octanol–water partition coefficient (Wildman–Crippen LogP) is 4.58. The fraction of sp³-hybridized carbons (Fsp3) is 0.542. The molecule has 0 saturated carbocycles. The lowest BCUT2D eigenvalue weighted by molar-refractivity contribution is -0.143. The van der Waals surface area contributed by atoms with Crippen LogP contribution in [0.25, 0.3) is 0 Å². The highest BCUT2D eigenvalue weighted by atomic mass is 16.5. The van der Waals surface area contributed by atoms with E-state index in [2.05, 4.69) is 36.5 Å². The topological polar surface area (TPSA) is 47.6 Å². The van der Waals surface area contributed by atoms with E-state index in [0.29, 0.717) is 11.7 Å². The second-order valence-electron chi connectivity index (χ2n) is 8.88. The lowest BCUT2D eigenvalue weighted by Gasteiger charge is -2.34. The van der Waals surface area contributed by atoms with Crippen molar-refractivity contribution in [2.24, 2.45) is 11.3 Å². The van der Waals surface area contributed by atoms with Crippen molar-refractivity contribution in [3.63, 3.8) is 0 Å². The van der Waals surface area contributed by atoms with Crippen LogP contribution in [-0.2, 0) is 22.4 Å². The molecule has 0 radical (unpaired) electrons. The summed E-state index contributed by atoms with van der Waals surface area (Å²) in [5.41, 5.74) is 3.20. The summed E-state index contributed by atoms with van der Waals surface area (Å²) >= 11 is 0. The van der Waals surface area contributed by atoms with Gasteiger partial charge in [0.2, 0.25) is 0 Å². The van der Waals surface area contributed by atoms with Crippen LogP contribution in [0.15, 0.2) is 42.0 Å². The van der Waals surface area contributed by atoms with Gasteiger partial charge in [0.05, 0.1) is 5.41 Å².